The molecule has 0 saturated heterocycles. The lowest BCUT2D eigenvalue weighted by atomic mass is 9.84. The molecule has 5 heteroatoms. The van der Waals surface area contributed by atoms with E-state index in [2.05, 4.69) is 0 Å². The number of carboxylic acids is 1. The van der Waals surface area contributed by atoms with Crippen LogP contribution in [0, 0.1) is 11.2 Å². The Morgan fingerprint density at radius 1 is 1.59 bits per heavy atom. The normalized spacial score (nSPS) is 14.1. The van der Waals surface area contributed by atoms with E-state index in [1.54, 1.807) is 6.07 Å². The third-order valence-corrected chi connectivity index (χ3v) is 2.78. The van der Waals surface area contributed by atoms with Crippen molar-refractivity contribution in [1.29, 1.82) is 0 Å². The number of carboxylic acid groups (broad SMARTS) is 1. The van der Waals surface area contributed by atoms with Crippen molar-refractivity contribution in [2.24, 2.45) is 11.1 Å². The Labute approximate surface area is 99.2 Å². The molecule has 17 heavy (non-hydrogen) atoms. The third-order valence-electron chi connectivity index (χ3n) is 2.78. The number of methoxy groups -OCH3 is 1. The first-order valence-electron chi connectivity index (χ1n) is 5.19. The summed E-state index contributed by atoms with van der Waals surface area (Å²) in [6.45, 7) is 1.54. The number of halogens is 1. The zero-order valence-electron chi connectivity index (χ0n) is 9.87. The highest BCUT2D eigenvalue weighted by atomic mass is 19.1. The second kappa shape index (κ2) is 5.14. The molecule has 0 spiro atoms. The fraction of sp³-hybridized carbons (Fsp3) is 0.417. The van der Waals surface area contributed by atoms with Crippen LogP contribution in [-0.2, 0) is 11.2 Å². The Morgan fingerprint density at radius 3 is 2.65 bits per heavy atom. The minimum absolute atomic E-state index is 0.00399. The highest BCUT2D eigenvalue weighted by molar-refractivity contribution is 5.74. The largest absolute Gasteiger partial charge is 0.494 e. The molecule has 1 rings (SSSR count). The molecule has 4 nitrogen and oxygen atoms in total. The van der Waals surface area contributed by atoms with Gasteiger partial charge < -0.3 is 15.6 Å². The molecule has 1 atom stereocenters. The number of hydrogen-bond donors (Lipinski definition) is 2. The number of rotatable bonds is 5. The Bertz CT molecular complexity index is 422. The van der Waals surface area contributed by atoms with E-state index >= 15 is 0 Å². The van der Waals surface area contributed by atoms with Crippen LogP contribution in [0.1, 0.15) is 12.5 Å². The van der Waals surface area contributed by atoms with Gasteiger partial charge in [-0.3, -0.25) is 4.79 Å². The maximum atomic E-state index is 13.4. The van der Waals surface area contributed by atoms with E-state index in [0.29, 0.717) is 5.56 Å². The zero-order chi connectivity index (χ0) is 13.1. The molecule has 94 valence electrons. The van der Waals surface area contributed by atoms with Gasteiger partial charge in [-0.15, -0.1) is 0 Å². The second-order valence-corrected chi connectivity index (χ2v) is 4.22. The Hall–Kier alpha value is -1.62. The number of aliphatic carboxylic acids is 1. The maximum absolute atomic E-state index is 13.4. The first-order chi connectivity index (χ1) is 7.92. The number of benzene rings is 1. The summed E-state index contributed by atoms with van der Waals surface area (Å²) in [4.78, 5) is 11.1. The van der Waals surface area contributed by atoms with Gasteiger partial charge in [-0.25, -0.2) is 4.39 Å². The van der Waals surface area contributed by atoms with E-state index in [1.165, 1.54) is 26.2 Å². The smallest absolute Gasteiger partial charge is 0.310 e. The van der Waals surface area contributed by atoms with Crippen molar-refractivity contribution in [1.82, 2.24) is 0 Å². The van der Waals surface area contributed by atoms with Crippen LogP contribution >= 0.6 is 0 Å². The molecule has 0 fully saturated rings. The average molecular weight is 241 g/mol. The van der Waals surface area contributed by atoms with Gasteiger partial charge in [0.05, 0.1) is 12.5 Å². The van der Waals surface area contributed by atoms with Crippen molar-refractivity contribution in [3.05, 3.63) is 29.6 Å². The van der Waals surface area contributed by atoms with Crippen molar-refractivity contribution in [2.45, 2.75) is 13.3 Å². The number of carbonyl (C=O) groups is 1. The van der Waals surface area contributed by atoms with E-state index in [4.69, 9.17) is 15.6 Å². The minimum atomic E-state index is -1.08. The summed E-state index contributed by atoms with van der Waals surface area (Å²) < 4.78 is 18.2. The van der Waals surface area contributed by atoms with Gasteiger partial charge in [0.15, 0.2) is 11.6 Å². The summed E-state index contributed by atoms with van der Waals surface area (Å²) >= 11 is 0. The summed E-state index contributed by atoms with van der Waals surface area (Å²) in [5.41, 5.74) is 4.95. The van der Waals surface area contributed by atoms with Crippen LogP contribution < -0.4 is 10.5 Å². The van der Waals surface area contributed by atoms with Crippen LogP contribution in [-0.4, -0.2) is 24.7 Å². The van der Waals surface area contributed by atoms with E-state index < -0.39 is 17.2 Å². The monoisotopic (exact) mass is 241 g/mol. The van der Waals surface area contributed by atoms with Crippen molar-refractivity contribution in [3.63, 3.8) is 0 Å². The Morgan fingerprint density at radius 2 is 2.24 bits per heavy atom. The highest BCUT2D eigenvalue weighted by Crippen LogP contribution is 2.25. The van der Waals surface area contributed by atoms with Crippen LogP contribution in [0.4, 0.5) is 4.39 Å². The zero-order valence-corrected chi connectivity index (χ0v) is 9.87. The van der Waals surface area contributed by atoms with Crippen molar-refractivity contribution < 1.29 is 19.0 Å². The van der Waals surface area contributed by atoms with Crippen LogP contribution in [0.2, 0.25) is 0 Å². The molecule has 3 N–H and O–H groups in total. The van der Waals surface area contributed by atoms with Crippen molar-refractivity contribution in [3.8, 4) is 5.75 Å². The molecular weight excluding hydrogens is 225 g/mol. The number of nitrogens with two attached hydrogens (primary N) is 1. The lowest BCUT2D eigenvalue weighted by Crippen LogP contribution is -2.37. The van der Waals surface area contributed by atoms with Gasteiger partial charge >= 0.3 is 5.97 Å². The van der Waals surface area contributed by atoms with E-state index in [1.807, 2.05) is 0 Å². The highest BCUT2D eigenvalue weighted by Gasteiger charge is 2.31. The van der Waals surface area contributed by atoms with Crippen LogP contribution in [0.15, 0.2) is 18.2 Å². The van der Waals surface area contributed by atoms with Gasteiger partial charge in [0.1, 0.15) is 0 Å². The summed E-state index contributed by atoms with van der Waals surface area (Å²) in [5.74, 6) is -1.36. The number of ether oxygens (including phenoxy) is 1. The van der Waals surface area contributed by atoms with Crippen molar-refractivity contribution in [2.75, 3.05) is 13.7 Å². The first kappa shape index (κ1) is 13.4. The third kappa shape index (κ3) is 2.94. The molecule has 1 unspecified atom stereocenters. The molecular formula is C12H16FNO3. The number of hydrogen-bond acceptors (Lipinski definition) is 3. The van der Waals surface area contributed by atoms with Gasteiger partial charge in [-0.05, 0) is 31.0 Å². The summed E-state index contributed by atoms with van der Waals surface area (Å²) in [5, 5.41) is 9.07. The lowest BCUT2D eigenvalue weighted by molar-refractivity contribution is -0.147. The molecule has 0 aliphatic rings. The van der Waals surface area contributed by atoms with E-state index in [9.17, 15) is 9.18 Å². The Balaban J connectivity index is 2.95. The first-order valence-corrected chi connectivity index (χ1v) is 5.19. The topological polar surface area (TPSA) is 72.5 Å². The predicted octanol–water partition coefficient (Wildman–Crippen LogP) is 1.43. The predicted molar refractivity (Wildman–Crippen MR) is 61.5 cm³/mol. The summed E-state index contributed by atoms with van der Waals surface area (Å²) in [7, 11) is 1.37. The minimum Gasteiger partial charge on any atom is -0.494 e. The summed E-state index contributed by atoms with van der Waals surface area (Å²) in [6, 6.07) is 4.39. The van der Waals surface area contributed by atoms with Crippen molar-refractivity contribution >= 4 is 5.97 Å². The fourth-order valence-electron chi connectivity index (χ4n) is 1.51. The van der Waals surface area contributed by atoms with E-state index in [-0.39, 0.29) is 18.7 Å². The van der Waals surface area contributed by atoms with Crippen LogP contribution in [0.5, 0.6) is 5.75 Å². The molecule has 0 radical (unpaired) electrons. The van der Waals surface area contributed by atoms with Gasteiger partial charge in [-0.1, -0.05) is 6.07 Å². The molecule has 1 aromatic rings. The molecule has 0 amide bonds. The molecule has 0 bridgehead atoms. The quantitative estimate of drug-likeness (QED) is 0.817. The Kier molecular flexibility index (Phi) is 4.07. The van der Waals surface area contributed by atoms with E-state index in [0.717, 1.165) is 0 Å². The summed E-state index contributed by atoms with van der Waals surface area (Å²) in [6.07, 6.45) is 0.180. The lowest BCUT2D eigenvalue weighted by Gasteiger charge is -2.22. The molecule has 0 aliphatic heterocycles. The SMILES string of the molecule is COc1ccc(CC(C)(CN)C(=O)O)cc1F. The van der Waals surface area contributed by atoms with Gasteiger partial charge in [0.25, 0.3) is 0 Å². The molecule has 0 aromatic heterocycles. The van der Waals surface area contributed by atoms with Crippen LogP contribution in [0.3, 0.4) is 0 Å². The average Bonchev–Trinajstić information content (AvgIpc) is 2.29. The molecule has 0 heterocycles. The fourth-order valence-corrected chi connectivity index (χ4v) is 1.51. The standard InChI is InChI=1S/C12H16FNO3/c1-12(7-14,11(15)16)6-8-3-4-10(17-2)9(13)5-8/h3-5H,6-7,14H2,1-2H3,(H,15,16). The van der Waals surface area contributed by atoms with Gasteiger partial charge in [0, 0.05) is 6.54 Å². The van der Waals surface area contributed by atoms with Crippen LogP contribution in [0.25, 0.3) is 0 Å². The van der Waals surface area contributed by atoms with Gasteiger partial charge in [0.2, 0.25) is 0 Å². The molecule has 0 aliphatic carbocycles. The molecule has 1 aromatic carbocycles. The molecule has 0 saturated carbocycles. The maximum Gasteiger partial charge on any atom is 0.310 e. The van der Waals surface area contributed by atoms with Gasteiger partial charge in [-0.2, -0.15) is 0 Å². The second-order valence-electron chi connectivity index (χ2n) is 4.22.